The number of anilines is 2. The molecule has 0 spiro atoms. The van der Waals surface area contributed by atoms with Crippen LogP contribution in [0.1, 0.15) is 41.9 Å². The number of rotatable bonds is 7. The van der Waals surface area contributed by atoms with E-state index >= 15 is 0 Å². The molecule has 6 nitrogen and oxygen atoms in total. The standard InChI is InChI=1S/C23H24Cl2N4O2/c1-14(2)12-20(30)26-17-8-10-18(11-9-17)27-23(31)21-15(3)28-29(22(21)25)13-16-6-4-5-7-19(16)24/h4-11,14H,12-13H2,1-3H3,(H,26,30)(H,27,31). The first kappa shape index (κ1) is 22.8. The molecule has 0 aliphatic rings. The second-order valence-corrected chi connectivity index (χ2v) is 8.44. The van der Waals surface area contributed by atoms with Crippen molar-refractivity contribution in [2.24, 2.45) is 5.92 Å². The van der Waals surface area contributed by atoms with Gasteiger partial charge in [0, 0.05) is 22.8 Å². The first-order valence-corrected chi connectivity index (χ1v) is 10.7. The monoisotopic (exact) mass is 458 g/mol. The molecule has 0 unspecified atom stereocenters. The van der Waals surface area contributed by atoms with Gasteiger partial charge in [0.15, 0.2) is 0 Å². The number of nitrogens with one attached hydrogen (secondary N) is 2. The second kappa shape index (κ2) is 9.98. The van der Waals surface area contributed by atoms with E-state index < -0.39 is 0 Å². The molecule has 2 amide bonds. The third kappa shape index (κ3) is 5.87. The minimum absolute atomic E-state index is 0.0416. The van der Waals surface area contributed by atoms with Crippen LogP contribution in [0.5, 0.6) is 0 Å². The molecule has 1 heterocycles. The lowest BCUT2D eigenvalue weighted by atomic mass is 10.1. The van der Waals surface area contributed by atoms with E-state index in [2.05, 4.69) is 15.7 Å². The predicted octanol–water partition coefficient (Wildman–Crippen LogP) is 5.78. The molecule has 0 aliphatic carbocycles. The summed E-state index contributed by atoms with van der Waals surface area (Å²) < 4.78 is 1.56. The van der Waals surface area contributed by atoms with Crippen LogP contribution in [0.2, 0.25) is 10.2 Å². The van der Waals surface area contributed by atoms with Crippen molar-refractivity contribution in [2.75, 3.05) is 10.6 Å². The highest BCUT2D eigenvalue weighted by molar-refractivity contribution is 6.34. The molecule has 3 aromatic rings. The van der Waals surface area contributed by atoms with Gasteiger partial charge in [-0.2, -0.15) is 5.10 Å². The minimum Gasteiger partial charge on any atom is -0.326 e. The van der Waals surface area contributed by atoms with E-state index in [0.29, 0.717) is 40.6 Å². The van der Waals surface area contributed by atoms with Crippen LogP contribution in [-0.2, 0) is 11.3 Å². The van der Waals surface area contributed by atoms with Crippen molar-refractivity contribution < 1.29 is 9.59 Å². The maximum atomic E-state index is 12.8. The minimum atomic E-state index is -0.357. The van der Waals surface area contributed by atoms with Crippen molar-refractivity contribution >= 4 is 46.4 Å². The zero-order chi connectivity index (χ0) is 22.5. The average molecular weight is 459 g/mol. The predicted molar refractivity (Wildman–Crippen MR) is 125 cm³/mol. The number of aromatic nitrogens is 2. The van der Waals surface area contributed by atoms with Gasteiger partial charge in [0.2, 0.25) is 5.91 Å². The number of benzene rings is 2. The normalized spacial score (nSPS) is 10.9. The molecule has 162 valence electrons. The SMILES string of the molecule is Cc1nn(Cc2ccccc2Cl)c(Cl)c1C(=O)Nc1ccc(NC(=O)CC(C)C)cc1. The van der Waals surface area contributed by atoms with Gasteiger partial charge in [-0.15, -0.1) is 0 Å². The van der Waals surface area contributed by atoms with Crippen LogP contribution in [0.4, 0.5) is 11.4 Å². The highest BCUT2D eigenvalue weighted by Gasteiger charge is 2.21. The number of carbonyl (C=O) groups excluding carboxylic acids is 2. The van der Waals surface area contributed by atoms with E-state index in [1.807, 2.05) is 32.0 Å². The van der Waals surface area contributed by atoms with Crippen molar-refractivity contribution in [1.29, 1.82) is 0 Å². The summed E-state index contributed by atoms with van der Waals surface area (Å²) in [5, 5.41) is 10.9. The number of aryl methyl sites for hydroxylation is 1. The number of carbonyl (C=O) groups is 2. The van der Waals surface area contributed by atoms with E-state index in [1.54, 1.807) is 41.9 Å². The molecule has 0 bridgehead atoms. The lowest BCUT2D eigenvalue weighted by Crippen LogP contribution is -2.15. The van der Waals surface area contributed by atoms with E-state index in [-0.39, 0.29) is 22.9 Å². The van der Waals surface area contributed by atoms with Gasteiger partial charge >= 0.3 is 0 Å². The van der Waals surface area contributed by atoms with Crippen LogP contribution < -0.4 is 10.6 Å². The molecule has 0 atom stereocenters. The van der Waals surface area contributed by atoms with Crippen molar-refractivity contribution in [1.82, 2.24) is 9.78 Å². The molecule has 0 radical (unpaired) electrons. The Morgan fingerprint density at radius 2 is 1.61 bits per heavy atom. The third-order valence-corrected chi connectivity index (χ3v) is 5.34. The first-order valence-electron chi connectivity index (χ1n) is 9.92. The Balaban J connectivity index is 1.70. The molecule has 0 saturated heterocycles. The van der Waals surface area contributed by atoms with Crippen LogP contribution in [0.25, 0.3) is 0 Å². The van der Waals surface area contributed by atoms with Gasteiger partial charge in [0.05, 0.1) is 17.8 Å². The fraction of sp³-hybridized carbons (Fsp3) is 0.261. The summed E-state index contributed by atoms with van der Waals surface area (Å²) in [4.78, 5) is 24.7. The maximum Gasteiger partial charge on any atom is 0.260 e. The van der Waals surface area contributed by atoms with Crippen LogP contribution in [0, 0.1) is 12.8 Å². The number of hydrogen-bond acceptors (Lipinski definition) is 3. The zero-order valence-corrected chi connectivity index (χ0v) is 19.1. The molecule has 0 aliphatic heterocycles. The molecular weight excluding hydrogens is 435 g/mol. The van der Waals surface area contributed by atoms with Gasteiger partial charge in [0.1, 0.15) is 5.15 Å². The molecule has 2 N–H and O–H groups in total. The average Bonchev–Trinajstić information content (AvgIpc) is 2.97. The third-order valence-electron chi connectivity index (χ3n) is 4.59. The Bertz CT molecular complexity index is 1090. The number of amides is 2. The summed E-state index contributed by atoms with van der Waals surface area (Å²) in [7, 11) is 0. The van der Waals surface area contributed by atoms with Gasteiger partial charge in [-0.3, -0.25) is 9.59 Å². The maximum absolute atomic E-state index is 12.8. The lowest BCUT2D eigenvalue weighted by Gasteiger charge is -2.09. The largest absolute Gasteiger partial charge is 0.326 e. The van der Waals surface area contributed by atoms with Gasteiger partial charge < -0.3 is 10.6 Å². The summed E-state index contributed by atoms with van der Waals surface area (Å²) in [5.74, 6) is -0.116. The van der Waals surface area contributed by atoms with Crippen molar-refractivity contribution in [2.45, 2.75) is 33.7 Å². The van der Waals surface area contributed by atoms with Gasteiger partial charge in [-0.05, 0) is 48.7 Å². The van der Waals surface area contributed by atoms with Crippen LogP contribution in [0.15, 0.2) is 48.5 Å². The Labute approximate surface area is 191 Å². The molecule has 0 saturated carbocycles. The van der Waals surface area contributed by atoms with E-state index in [9.17, 15) is 9.59 Å². The lowest BCUT2D eigenvalue weighted by molar-refractivity contribution is -0.116. The topological polar surface area (TPSA) is 76.0 Å². The van der Waals surface area contributed by atoms with Gasteiger partial charge in [-0.1, -0.05) is 55.2 Å². The van der Waals surface area contributed by atoms with Crippen molar-refractivity contribution in [3.63, 3.8) is 0 Å². The molecule has 31 heavy (non-hydrogen) atoms. The summed E-state index contributed by atoms with van der Waals surface area (Å²) in [5.41, 5.74) is 2.94. The van der Waals surface area contributed by atoms with Crippen LogP contribution in [0.3, 0.4) is 0 Å². The van der Waals surface area contributed by atoms with Gasteiger partial charge in [0.25, 0.3) is 5.91 Å². The summed E-state index contributed by atoms with van der Waals surface area (Å²) >= 11 is 12.7. The molecular formula is C23H24Cl2N4O2. The highest BCUT2D eigenvalue weighted by atomic mass is 35.5. The molecule has 3 rings (SSSR count). The Hall–Kier alpha value is -2.83. The number of halogens is 2. The fourth-order valence-electron chi connectivity index (χ4n) is 3.12. The van der Waals surface area contributed by atoms with Gasteiger partial charge in [-0.25, -0.2) is 4.68 Å². The fourth-order valence-corrected chi connectivity index (χ4v) is 3.63. The first-order chi connectivity index (χ1) is 14.7. The summed E-state index contributed by atoms with van der Waals surface area (Å²) in [6.07, 6.45) is 0.453. The van der Waals surface area contributed by atoms with E-state index in [0.717, 1.165) is 5.56 Å². The molecule has 2 aromatic carbocycles. The zero-order valence-electron chi connectivity index (χ0n) is 17.6. The summed E-state index contributed by atoms with van der Waals surface area (Å²) in [6.45, 7) is 6.07. The molecule has 1 aromatic heterocycles. The van der Waals surface area contributed by atoms with Crippen molar-refractivity contribution in [3.05, 3.63) is 75.5 Å². The number of hydrogen-bond donors (Lipinski definition) is 2. The highest BCUT2D eigenvalue weighted by Crippen LogP contribution is 2.24. The Morgan fingerprint density at radius 1 is 1.00 bits per heavy atom. The second-order valence-electron chi connectivity index (χ2n) is 7.68. The Kier molecular flexibility index (Phi) is 7.36. The number of nitrogens with zero attached hydrogens (tertiary/aromatic N) is 2. The van der Waals surface area contributed by atoms with E-state index in [4.69, 9.17) is 23.2 Å². The van der Waals surface area contributed by atoms with E-state index in [1.165, 1.54) is 0 Å². The van der Waals surface area contributed by atoms with Crippen LogP contribution >= 0.6 is 23.2 Å². The summed E-state index contributed by atoms with van der Waals surface area (Å²) in [6, 6.07) is 14.3. The molecule has 8 heteroatoms. The smallest absolute Gasteiger partial charge is 0.260 e. The van der Waals surface area contributed by atoms with Crippen molar-refractivity contribution in [3.8, 4) is 0 Å². The van der Waals surface area contributed by atoms with Crippen LogP contribution in [-0.4, -0.2) is 21.6 Å². The Morgan fingerprint density at radius 3 is 2.23 bits per heavy atom. The quantitative estimate of drug-likeness (QED) is 0.470. The molecule has 0 fully saturated rings.